The van der Waals surface area contributed by atoms with Crippen LogP contribution < -0.4 is 10.1 Å². The lowest BCUT2D eigenvalue weighted by atomic mass is 9.58. The van der Waals surface area contributed by atoms with E-state index in [9.17, 15) is 9.59 Å². The van der Waals surface area contributed by atoms with Crippen molar-refractivity contribution >= 4 is 11.8 Å². The second-order valence-electron chi connectivity index (χ2n) is 7.49. The van der Waals surface area contributed by atoms with E-state index in [1.54, 1.807) is 14.1 Å². The van der Waals surface area contributed by atoms with Gasteiger partial charge in [0.15, 0.2) is 6.61 Å². The molecule has 2 aliphatic carbocycles. The Balaban J connectivity index is 1.47. The third-order valence-electron chi connectivity index (χ3n) is 5.60. The first-order valence-corrected chi connectivity index (χ1v) is 9.24. The maximum Gasteiger partial charge on any atom is 0.259 e. The molecule has 0 aromatic heterocycles. The van der Waals surface area contributed by atoms with E-state index in [1.807, 2.05) is 24.3 Å². The molecule has 0 heterocycles. The predicted octanol–water partition coefficient (Wildman–Crippen LogP) is 2.60. The second kappa shape index (κ2) is 7.89. The van der Waals surface area contributed by atoms with E-state index in [0.29, 0.717) is 18.2 Å². The Morgan fingerprint density at radius 3 is 2.80 bits per heavy atom. The molecule has 2 saturated carbocycles. The van der Waals surface area contributed by atoms with Crippen LogP contribution in [0.1, 0.15) is 37.7 Å². The zero-order chi connectivity index (χ0) is 17.8. The molecule has 5 nitrogen and oxygen atoms in total. The Labute approximate surface area is 149 Å². The number of nitrogens with zero attached hydrogens (tertiary/aromatic N) is 1. The topological polar surface area (TPSA) is 58.6 Å². The van der Waals surface area contributed by atoms with Gasteiger partial charge in [0.1, 0.15) is 5.75 Å². The van der Waals surface area contributed by atoms with Crippen molar-refractivity contribution in [3.63, 3.8) is 0 Å². The summed E-state index contributed by atoms with van der Waals surface area (Å²) in [6.45, 7) is 0.527. The van der Waals surface area contributed by atoms with E-state index in [-0.39, 0.29) is 24.3 Å². The zero-order valence-electron chi connectivity index (χ0n) is 15.2. The Bertz CT molecular complexity index is 629. The standard InChI is InChI=1S/C20H28N2O3/c1-22(2)19(23)13-25-16-8-5-6-14(10-16)12-21-20(24)18-11-15-7-3-4-9-17(15)18/h5-6,8,10,15,17-18H,3-4,7,9,11-13H2,1-2H3,(H,21,24)/t15-,17-,18+/m0/s1. The molecule has 3 atom stereocenters. The molecular formula is C20H28N2O3. The minimum Gasteiger partial charge on any atom is -0.484 e. The Hall–Kier alpha value is -2.04. The summed E-state index contributed by atoms with van der Waals surface area (Å²) in [6, 6.07) is 7.56. The average molecular weight is 344 g/mol. The summed E-state index contributed by atoms with van der Waals surface area (Å²) in [5, 5.41) is 3.07. The van der Waals surface area contributed by atoms with E-state index in [0.717, 1.165) is 17.9 Å². The maximum atomic E-state index is 12.4. The van der Waals surface area contributed by atoms with Gasteiger partial charge < -0.3 is 15.0 Å². The highest BCUT2D eigenvalue weighted by Gasteiger charge is 2.45. The number of nitrogens with one attached hydrogen (secondary N) is 1. The maximum absolute atomic E-state index is 12.4. The normalized spacial score (nSPS) is 24.6. The number of carbonyl (C=O) groups is 2. The molecule has 1 aromatic rings. The summed E-state index contributed by atoms with van der Waals surface area (Å²) >= 11 is 0. The number of fused-ring (bicyclic) bond motifs is 1. The predicted molar refractivity (Wildman–Crippen MR) is 96.0 cm³/mol. The van der Waals surface area contributed by atoms with E-state index < -0.39 is 0 Å². The quantitative estimate of drug-likeness (QED) is 0.863. The first-order valence-electron chi connectivity index (χ1n) is 9.24. The number of hydrogen-bond donors (Lipinski definition) is 1. The van der Waals surface area contributed by atoms with E-state index in [1.165, 1.54) is 30.6 Å². The summed E-state index contributed by atoms with van der Waals surface area (Å²) in [4.78, 5) is 25.5. The van der Waals surface area contributed by atoms with Crippen molar-refractivity contribution in [3.05, 3.63) is 29.8 Å². The third kappa shape index (κ3) is 4.33. The van der Waals surface area contributed by atoms with Gasteiger partial charge in [-0.3, -0.25) is 9.59 Å². The fraction of sp³-hybridized carbons (Fsp3) is 0.600. The third-order valence-corrected chi connectivity index (χ3v) is 5.60. The van der Waals surface area contributed by atoms with Crippen molar-refractivity contribution in [1.82, 2.24) is 10.2 Å². The van der Waals surface area contributed by atoms with Gasteiger partial charge >= 0.3 is 0 Å². The molecule has 0 bridgehead atoms. The van der Waals surface area contributed by atoms with E-state index >= 15 is 0 Å². The van der Waals surface area contributed by atoms with Crippen molar-refractivity contribution in [2.75, 3.05) is 20.7 Å². The number of benzene rings is 1. The number of rotatable bonds is 6. The number of amides is 2. The lowest BCUT2D eigenvalue weighted by Crippen LogP contribution is -2.47. The summed E-state index contributed by atoms with van der Waals surface area (Å²) in [5.74, 6) is 2.37. The van der Waals surface area contributed by atoms with Gasteiger partial charge in [-0.25, -0.2) is 0 Å². The summed E-state index contributed by atoms with van der Waals surface area (Å²) in [5.41, 5.74) is 0.989. The highest BCUT2D eigenvalue weighted by Crippen LogP contribution is 2.49. The van der Waals surface area contributed by atoms with Gasteiger partial charge in [0, 0.05) is 26.6 Å². The number of hydrogen-bond acceptors (Lipinski definition) is 3. The molecule has 0 aliphatic heterocycles. The number of ether oxygens (including phenoxy) is 1. The van der Waals surface area contributed by atoms with Crippen molar-refractivity contribution in [2.45, 2.75) is 38.6 Å². The van der Waals surface area contributed by atoms with Crippen molar-refractivity contribution < 1.29 is 14.3 Å². The zero-order valence-corrected chi connectivity index (χ0v) is 15.2. The summed E-state index contributed by atoms with van der Waals surface area (Å²) in [7, 11) is 3.41. The molecule has 2 amide bonds. The summed E-state index contributed by atoms with van der Waals surface area (Å²) < 4.78 is 5.52. The highest BCUT2D eigenvalue weighted by molar-refractivity contribution is 5.80. The molecule has 2 aliphatic rings. The van der Waals surface area contributed by atoms with Crippen LogP contribution in [-0.2, 0) is 16.1 Å². The SMILES string of the molecule is CN(C)C(=O)COc1cccc(CNC(=O)[C@@H]2C[C@@H]3CCCC[C@@H]32)c1. The number of likely N-dealkylation sites (N-methyl/N-ethyl adjacent to an activating group) is 1. The second-order valence-corrected chi connectivity index (χ2v) is 7.49. The van der Waals surface area contributed by atoms with Gasteiger partial charge in [-0.2, -0.15) is 0 Å². The van der Waals surface area contributed by atoms with Crippen molar-refractivity contribution in [3.8, 4) is 5.75 Å². The lowest BCUT2D eigenvalue weighted by molar-refractivity contribution is -0.135. The van der Waals surface area contributed by atoms with Gasteiger partial charge in [0.05, 0.1) is 0 Å². The minimum atomic E-state index is -0.0780. The molecular weight excluding hydrogens is 316 g/mol. The molecule has 2 fully saturated rings. The fourth-order valence-corrected chi connectivity index (χ4v) is 4.00. The van der Waals surface area contributed by atoms with Gasteiger partial charge in [-0.15, -0.1) is 0 Å². The van der Waals surface area contributed by atoms with Crippen LogP contribution in [0, 0.1) is 17.8 Å². The number of carbonyl (C=O) groups excluding carboxylic acids is 2. The van der Waals surface area contributed by atoms with Crippen LogP contribution in [0.3, 0.4) is 0 Å². The summed E-state index contributed by atoms with van der Waals surface area (Å²) in [6.07, 6.45) is 6.19. The Kier molecular flexibility index (Phi) is 5.61. The first kappa shape index (κ1) is 17.8. The van der Waals surface area contributed by atoms with Crippen LogP contribution in [-0.4, -0.2) is 37.4 Å². The van der Waals surface area contributed by atoms with E-state index in [4.69, 9.17) is 4.74 Å². The molecule has 0 unspecified atom stereocenters. The van der Waals surface area contributed by atoms with Crippen LogP contribution in [0.2, 0.25) is 0 Å². The molecule has 136 valence electrons. The monoisotopic (exact) mass is 344 g/mol. The highest BCUT2D eigenvalue weighted by atomic mass is 16.5. The minimum absolute atomic E-state index is 0.0218. The fourth-order valence-electron chi connectivity index (χ4n) is 4.00. The van der Waals surface area contributed by atoms with Crippen LogP contribution in [0.4, 0.5) is 0 Å². The van der Waals surface area contributed by atoms with Crippen molar-refractivity contribution in [2.24, 2.45) is 17.8 Å². The average Bonchev–Trinajstić information content (AvgIpc) is 2.59. The molecule has 1 N–H and O–H groups in total. The smallest absolute Gasteiger partial charge is 0.259 e. The molecule has 25 heavy (non-hydrogen) atoms. The molecule has 0 spiro atoms. The van der Waals surface area contributed by atoms with Gasteiger partial charge in [0.2, 0.25) is 5.91 Å². The molecule has 0 saturated heterocycles. The molecule has 5 heteroatoms. The van der Waals surface area contributed by atoms with Crippen LogP contribution in [0.25, 0.3) is 0 Å². The van der Waals surface area contributed by atoms with Crippen molar-refractivity contribution in [1.29, 1.82) is 0 Å². The Morgan fingerprint density at radius 1 is 1.24 bits per heavy atom. The van der Waals surface area contributed by atoms with E-state index in [2.05, 4.69) is 5.32 Å². The van der Waals surface area contributed by atoms with Crippen LogP contribution >= 0.6 is 0 Å². The molecule has 0 radical (unpaired) electrons. The van der Waals surface area contributed by atoms with Crippen LogP contribution in [0.15, 0.2) is 24.3 Å². The Morgan fingerprint density at radius 2 is 2.04 bits per heavy atom. The van der Waals surface area contributed by atoms with Crippen LogP contribution in [0.5, 0.6) is 5.75 Å². The molecule has 1 aromatic carbocycles. The molecule has 3 rings (SSSR count). The van der Waals surface area contributed by atoms with Gasteiger partial charge in [0.25, 0.3) is 5.91 Å². The lowest BCUT2D eigenvalue weighted by Gasteiger charge is -2.47. The first-order chi connectivity index (χ1) is 12.0. The van der Waals surface area contributed by atoms with Gasteiger partial charge in [-0.05, 0) is 42.4 Å². The van der Waals surface area contributed by atoms with Gasteiger partial charge in [-0.1, -0.05) is 31.4 Å². The largest absolute Gasteiger partial charge is 0.484 e.